The lowest BCUT2D eigenvalue weighted by Gasteiger charge is -2.11. The summed E-state index contributed by atoms with van der Waals surface area (Å²) in [5.74, 6) is -0.356. The molecule has 1 aromatic heterocycles. The third kappa shape index (κ3) is 3.48. The van der Waals surface area contributed by atoms with Crippen molar-refractivity contribution in [1.29, 1.82) is 5.26 Å². The van der Waals surface area contributed by atoms with E-state index in [1.165, 1.54) is 30.3 Å². The summed E-state index contributed by atoms with van der Waals surface area (Å²) in [6.45, 7) is 0. The zero-order valence-electron chi connectivity index (χ0n) is 12.0. The molecule has 2 aromatic carbocycles. The van der Waals surface area contributed by atoms with Crippen LogP contribution in [0.2, 0.25) is 10.0 Å². The second-order valence-electron chi connectivity index (χ2n) is 4.75. The van der Waals surface area contributed by atoms with Crippen LogP contribution >= 0.6 is 23.2 Å². The van der Waals surface area contributed by atoms with Gasteiger partial charge in [0.25, 0.3) is 0 Å². The molecule has 0 aliphatic carbocycles. The molecular formula is C16H8Cl2FN3O2. The Balaban J connectivity index is 1.96. The predicted octanol–water partition coefficient (Wildman–Crippen LogP) is 4.77. The first kappa shape index (κ1) is 16.2. The number of hydrogen-bond acceptors (Lipinski definition) is 5. The smallest absolute Gasteiger partial charge is 0.220 e. The highest BCUT2D eigenvalue weighted by atomic mass is 35.5. The molecule has 0 atom stereocenters. The first-order chi connectivity index (χ1) is 11.6. The minimum Gasteiger partial charge on any atom is -0.453 e. The topological polar surface area (TPSA) is 71.9 Å². The van der Waals surface area contributed by atoms with Gasteiger partial charge in [-0.05, 0) is 24.3 Å². The highest BCUT2D eigenvalue weighted by molar-refractivity contribution is 6.32. The van der Waals surface area contributed by atoms with Gasteiger partial charge in [-0.3, -0.25) is 0 Å². The summed E-state index contributed by atoms with van der Waals surface area (Å²) in [6, 6.07) is 9.32. The molecule has 1 heterocycles. The monoisotopic (exact) mass is 363 g/mol. The summed E-state index contributed by atoms with van der Waals surface area (Å²) in [6.07, 6.45) is 1.26. The van der Waals surface area contributed by atoms with Gasteiger partial charge in [0, 0.05) is 10.6 Å². The van der Waals surface area contributed by atoms with E-state index in [0.717, 1.165) is 6.39 Å². The van der Waals surface area contributed by atoms with E-state index in [-0.39, 0.29) is 40.0 Å². The quantitative estimate of drug-likeness (QED) is 0.667. The molecule has 0 aliphatic heterocycles. The molecule has 24 heavy (non-hydrogen) atoms. The zero-order chi connectivity index (χ0) is 17.1. The van der Waals surface area contributed by atoms with Gasteiger partial charge < -0.3 is 9.15 Å². The summed E-state index contributed by atoms with van der Waals surface area (Å²) in [4.78, 5) is 0. The third-order valence-electron chi connectivity index (χ3n) is 3.10. The van der Waals surface area contributed by atoms with Crippen molar-refractivity contribution < 1.29 is 13.5 Å². The van der Waals surface area contributed by atoms with Crippen molar-refractivity contribution in [3.8, 4) is 17.6 Å². The molecule has 0 bridgehead atoms. The van der Waals surface area contributed by atoms with E-state index in [0.29, 0.717) is 5.02 Å². The molecule has 3 rings (SSSR count). The predicted molar refractivity (Wildman–Crippen MR) is 84.8 cm³/mol. The number of aromatic nitrogens is 2. The number of ether oxygens (including phenoxy) is 1. The van der Waals surface area contributed by atoms with Crippen LogP contribution in [0.5, 0.6) is 11.5 Å². The van der Waals surface area contributed by atoms with E-state index in [4.69, 9.17) is 37.6 Å². The molecule has 0 amide bonds. The Morgan fingerprint density at radius 2 is 2.08 bits per heavy atom. The SMILES string of the molecule is N#Cc1cc(Cl)cc(Oc2c(Cl)ccc(Cc3nnco3)c2F)c1. The molecule has 0 saturated carbocycles. The molecule has 5 nitrogen and oxygen atoms in total. The van der Waals surface area contributed by atoms with E-state index >= 15 is 0 Å². The molecule has 0 spiro atoms. The van der Waals surface area contributed by atoms with Gasteiger partial charge in [-0.1, -0.05) is 29.3 Å². The van der Waals surface area contributed by atoms with Crippen LogP contribution < -0.4 is 4.74 Å². The molecule has 3 aromatic rings. The van der Waals surface area contributed by atoms with E-state index in [1.807, 2.05) is 6.07 Å². The second kappa shape index (κ2) is 6.87. The standard InChI is InChI=1S/C16H8Cl2FN3O2/c17-11-3-9(7-20)4-12(6-11)24-16-13(18)2-1-10(15(16)19)5-14-22-21-8-23-14/h1-4,6,8H,5H2. The van der Waals surface area contributed by atoms with E-state index in [1.54, 1.807) is 0 Å². The first-order valence-corrected chi connectivity index (χ1v) is 7.43. The fourth-order valence-corrected chi connectivity index (χ4v) is 2.45. The van der Waals surface area contributed by atoms with E-state index < -0.39 is 5.82 Å². The number of halogens is 3. The Bertz CT molecular complexity index is 924. The van der Waals surface area contributed by atoms with Crippen LogP contribution in [0.3, 0.4) is 0 Å². The van der Waals surface area contributed by atoms with Crippen LogP contribution in [0.4, 0.5) is 4.39 Å². The number of nitrogens with zero attached hydrogens (tertiary/aromatic N) is 3. The molecular weight excluding hydrogens is 356 g/mol. The Labute approximate surface area is 146 Å². The van der Waals surface area contributed by atoms with Gasteiger partial charge in [0.15, 0.2) is 11.6 Å². The van der Waals surface area contributed by atoms with Crippen molar-refractivity contribution in [1.82, 2.24) is 10.2 Å². The molecule has 0 fully saturated rings. The first-order valence-electron chi connectivity index (χ1n) is 6.67. The Morgan fingerprint density at radius 1 is 1.25 bits per heavy atom. The third-order valence-corrected chi connectivity index (χ3v) is 3.61. The average molecular weight is 364 g/mol. The summed E-state index contributed by atoms with van der Waals surface area (Å²) >= 11 is 11.9. The summed E-state index contributed by atoms with van der Waals surface area (Å²) < 4.78 is 25.2. The maximum absolute atomic E-state index is 14.7. The molecule has 0 radical (unpaired) electrons. The lowest BCUT2D eigenvalue weighted by Crippen LogP contribution is -1.98. The number of benzene rings is 2. The zero-order valence-corrected chi connectivity index (χ0v) is 13.5. The van der Waals surface area contributed by atoms with Gasteiger partial charge in [-0.2, -0.15) is 5.26 Å². The molecule has 0 N–H and O–H groups in total. The minimum absolute atomic E-state index is 0.0836. The van der Waals surface area contributed by atoms with Gasteiger partial charge in [0.2, 0.25) is 12.3 Å². The van der Waals surface area contributed by atoms with Crippen LogP contribution in [0.1, 0.15) is 17.0 Å². The fourth-order valence-electron chi connectivity index (χ4n) is 2.04. The summed E-state index contributed by atoms with van der Waals surface area (Å²) in [5.41, 5.74) is 0.567. The Hall–Kier alpha value is -2.62. The average Bonchev–Trinajstić information content (AvgIpc) is 3.06. The molecule has 120 valence electrons. The van der Waals surface area contributed by atoms with Gasteiger partial charge in [0.05, 0.1) is 23.1 Å². The molecule has 0 unspecified atom stereocenters. The summed E-state index contributed by atoms with van der Waals surface area (Å²) in [7, 11) is 0. The van der Waals surface area contributed by atoms with Crippen LogP contribution in [0, 0.1) is 17.1 Å². The lowest BCUT2D eigenvalue weighted by atomic mass is 10.1. The Morgan fingerprint density at radius 3 is 2.79 bits per heavy atom. The highest BCUT2D eigenvalue weighted by Crippen LogP contribution is 2.35. The normalized spacial score (nSPS) is 10.4. The number of nitriles is 1. The molecule has 0 saturated heterocycles. The van der Waals surface area contributed by atoms with Crippen molar-refractivity contribution in [2.75, 3.05) is 0 Å². The van der Waals surface area contributed by atoms with Gasteiger partial charge in [-0.25, -0.2) is 4.39 Å². The van der Waals surface area contributed by atoms with Crippen LogP contribution in [0.25, 0.3) is 0 Å². The van der Waals surface area contributed by atoms with Crippen molar-refractivity contribution in [2.24, 2.45) is 0 Å². The summed E-state index contributed by atoms with van der Waals surface area (Å²) in [5, 5.41) is 16.6. The van der Waals surface area contributed by atoms with Gasteiger partial charge in [-0.15, -0.1) is 10.2 Å². The number of rotatable bonds is 4. The molecule has 0 aliphatic rings. The fraction of sp³-hybridized carbons (Fsp3) is 0.0625. The minimum atomic E-state index is -0.654. The van der Waals surface area contributed by atoms with Crippen molar-refractivity contribution in [3.05, 3.63) is 69.6 Å². The number of hydrogen-bond donors (Lipinski definition) is 0. The van der Waals surface area contributed by atoms with Gasteiger partial charge >= 0.3 is 0 Å². The van der Waals surface area contributed by atoms with Crippen molar-refractivity contribution in [3.63, 3.8) is 0 Å². The largest absolute Gasteiger partial charge is 0.453 e. The molecule has 8 heteroatoms. The van der Waals surface area contributed by atoms with Crippen molar-refractivity contribution in [2.45, 2.75) is 6.42 Å². The van der Waals surface area contributed by atoms with Gasteiger partial charge in [0.1, 0.15) is 5.75 Å². The lowest BCUT2D eigenvalue weighted by molar-refractivity contribution is 0.436. The highest BCUT2D eigenvalue weighted by Gasteiger charge is 2.17. The van der Waals surface area contributed by atoms with Crippen LogP contribution in [0.15, 0.2) is 41.1 Å². The van der Waals surface area contributed by atoms with Crippen LogP contribution in [-0.2, 0) is 6.42 Å². The maximum atomic E-state index is 14.7. The van der Waals surface area contributed by atoms with E-state index in [9.17, 15) is 4.39 Å². The van der Waals surface area contributed by atoms with Crippen LogP contribution in [-0.4, -0.2) is 10.2 Å². The van der Waals surface area contributed by atoms with E-state index in [2.05, 4.69) is 10.2 Å². The maximum Gasteiger partial charge on any atom is 0.220 e. The van der Waals surface area contributed by atoms with Crippen molar-refractivity contribution >= 4 is 23.2 Å². The second-order valence-corrected chi connectivity index (χ2v) is 5.59. The Kier molecular flexibility index (Phi) is 4.65.